The standard InChI is InChI=1S/C20H18N4OS2/c1-24-18(16-10-6-7-11-17(16)25-2)22-23-20(24)26-13-15-12-21-19(27-15)14-8-4-3-5-9-14/h3-12H,13H2,1-2H3. The number of benzene rings is 2. The number of ether oxygens (including phenoxy) is 1. The lowest BCUT2D eigenvalue weighted by atomic mass is 10.2. The number of para-hydroxylation sites is 1. The zero-order valence-electron chi connectivity index (χ0n) is 15.0. The number of thiazole rings is 1. The van der Waals surface area contributed by atoms with Gasteiger partial charge >= 0.3 is 0 Å². The molecule has 0 unspecified atom stereocenters. The number of nitrogens with zero attached hydrogens (tertiary/aromatic N) is 4. The molecule has 5 nitrogen and oxygen atoms in total. The predicted molar refractivity (Wildman–Crippen MR) is 110 cm³/mol. The van der Waals surface area contributed by atoms with E-state index in [1.165, 1.54) is 4.88 Å². The molecule has 0 aliphatic heterocycles. The van der Waals surface area contributed by atoms with E-state index in [-0.39, 0.29) is 0 Å². The Morgan fingerprint density at radius 2 is 1.81 bits per heavy atom. The van der Waals surface area contributed by atoms with Gasteiger partial charge < -0.3 is 9.30 Å². The molecule has 2 heterocycles. The van der Waals surface area contributed by atoms with Gasteiger partial charge in [0.05, 0.1) is 12.7 Å². The first-order valence-corrected chi connectivity index (χ1v) is 10.2. The summed E-state index contributed by atoms with van der Waals surface area (Å²) in [5.74, 6) is 2.39. The van der Waals surface area contributed by atoms with Crippen LogP contribution in [0.3, 0.4) is 0 Å². The monoisotopic (exact) mass is 394 g/mol. The Morgan fingerprint density at radius 3 is 2.63 bits per heavy atom. The van der Waals surface area contributed by atoms with Crippen molar-refractivity contribution in [3.63, 3.8) is 0 Å². The van der Waals surface area contributed by atoms with Crippen molar-refractivity contribution in [1.29, 1.82) is 0 Å². The Labute approximate surface area is 166 Å². The third-order valence-corrected chi connectivity index (χ3v) is 6.40. The molecule has 0 spiro atoms. The molecule has 0 atom stereocenters. The molecule has 27 heavy (non-hydrogen) atoms. The highest BCUT2D eigenvalue weighted by molar-refractivity contribution is 7.98. The fourth-order valence-electron chi connectivity index (χ4n) is 2.73. The van der Waals surface area contributed by atoms with Crippen LogP contribution in [0.4, 0.5) is 0 Å². The molecule has 0 saturated heterocycles. The van der Waals surface area contributed by atoms with E-state index in [9.17, 15) is 0 Å². The first kappa shape index (κ1) is 17.8. The van der Waals surface area contributed by atoms with E-state index in [4.69, 9.17) is 4.74 Å². The molecule has 0 bridgehead atoms. The lowest BCUT2D eigenvalue weighted by Gasteiger charge is -2.07. The number of rotatable bonds is 6. The van der Waals surface area contributed by atoms with Gasteiger partial charge in [-0.25, -0.2) is 4.98 Å². The normalized spacial score (nSPS) is 10.9. The SMILES string of the molecule is COc1ccccc1-c1nnc(SCc2cnc(-c3ccccc3)s2)n1C. The van der Waals surface area contributed by atoms with E-state index < -0.39 is 0 Å². The van der Waals surface area contributed by atoms with Crippen LogP contribution in [0, 0.1) is 0 Å². The first-order valence-electron chi connectivity index (χ1n) is 8.42. The van der Waals surface area contributed by atoms with Crippen LogP contribution in [-0.4, -0.2) is 26.9 Å². The Morgan fingerprint density at radius 1 is 1.04 bits per heavy atom. The Hall–Kier alpha value is -2.64. The van der Waals surface area contributed by atoms with Gasteiger partial charge in [-0.15, -0.1) is 21.5 Å². The number of hydrogen-bond donors (Lipinski definition) is 0. The van der Waals surface area contributed by atoms with Crippen LogP contribution in [0.25, 0.3) is 22.0 Å². The van der Waals surface area contributed by atoms with Gasteiger partial charge in [0.15, 0.2) is 11.0 Å². The highest BCUT2D eigenvalue weighted by Gasteiger charge is 2.15. The maximum Gasteiger partial charge on any atom is 0.191 e. The molecule has 2 aromatic carbocycles. The van der Waals surface area contributed by atoms with Gasteiger partial charge in [-0.05, 0) is 12.1 Å². The average Bonchev–Trinajstić information content (AvgIpc) is 3.34. The summed E-state index contributed by atoms with van der Waals surface area (Å²) < 4.78 is 7.45. The highest BCUT2D eigenvalue weighted by Crippen LogP contribution is 2.32. The van der Waals surface area contributed by atoms with Crippen molar-refractivity contribution in [2.24, 2.45) is 7.05 Å². The summed E-state index contributed by atoms with van der Waals surface area (Å²) >= 11 is 3.37. The Kier molecular flexibility index (Phi) is 5.22. The minimum Gasteiger partial charge on any atom is -0.496 e. The van der Waals surface area contributed by atoms with E-state index >= 15 is 0 Å². The Balaban J connectivity index is 1.50. The number of hydrogen-bond acceptors (Lipinski definition) is 6. The van der Waals surface area contributed by atoms with Crippen molar-refractivity contribution in [3.05, 3.63) is 65.7 Å². The second-order valence-electron chi connectivity index (χ2n) is 5.85. The van der Waals surface area contributed by atoms with Gasteiger partial charge in [0.2, 0.25) is 0 Å². The second kappa shape index (κ2) is 7.94. The summed E-state index contributed by atoms with van der Waals surface area (Å²) in [7, 11) is 3.64. The van der Waals surface area contributed by atoms with Crippen molar-refractivity contribution in [1.82, 2.24) is 19.7 Å². The van der Waals surface area contributed by atoms with Crippen molar-refractivity contribution in [2.75, 3.05) is 7.11 Å². The third kappa shape index (κ3) is 3.74. The zero-order valence-corrected chi connectivity index (χ0v) is 16.6. The van der Waals surface area contributed by atoms with Gasteiger partial charge in [-0.1, -0.05) is 54.2 Å². The van der Waals surface area contributed by atoms with Gasteiger partial charge in [0.25, 0.3) is 0 Å². The number of methoxy groups -OCH3 is 1. The summed E-state index contributed by atoms with van der Waals surface area (Å²) in [4.78, 5) is 5.75. The summed E-state index contributed by atoms with van der Waals surface area (Å²) in [6, 6.07) is 18.1. The fourth-order valence-corrected chi connectivity index (χ4v) is 4.58. The van der Waals surface area contributed by atoms with Gasteiger partial charge in [-0.2, -0.15) is 0 Å². The van der Waals surface area contributed by atoms with Crippen LogP contribution in [0.5, 0.6) is 5.75 Å². The van der Waals surface area contributed by atoms with Crippen molar-refractivity contribution < 1.29 is 4.74 Å². The van der Waals surface area contributed by atoms with Crippen LogP contribution in [0.15, 0.2) is 66.0 Å². The molecule has 0 N–H and O–H groups in total. The van der Waals surface area contributed by atoms with Gasteiger partial charge in [0.1, 0.15) is 10.8 Å². The quantitative estimate of drug-likeness (QED) is 0.435. The van der Waals surface area contributed by atoms with E-state index in [0.29, 0.717) is 0 Å². The van der Waals surface area contributed by atoms with Crippen LogP contribution >= 0.6 is 23.1 Å². The van der Waals surface area contributed by atoms with E-state index in [1.54, 1.807) is 30.2 Å². The fraction of sp³-hybridized carbons (Fsp3) is 0.150. The lowest BCUT2D eigenvalue weighted by molar-refractivity contribution is 0.416. The number of aromatic nitrogens is 4. The van der Waals surface area contributed by atoms with E-state index in [2.05, 4.69) is 27.3 Å². The van der Waals surface area contributed by atoms with E-state index in [1.807, 2.05) is 60.3 Å². The van der Waals surface area contributed by atoms with Crippen LogP contribution in [0.1, 0.15) is 4.88 Å². The topological polar surface area (TPSA) is 52.8 Å². The number of thioether (sulfide) groups is 1. The summed E-state index contributed by atoms with van der Waals surface area (Å²) in [5, 5.41) is 10.6. The molecule has 0 radical (unpaired) electrons. The molecule has 2 aromatic heterocycles. The van der Waals surface area contributed by atoms with Gasteiger partial charge in [0, 0.05) is 29.4 Å². The molecule has 136 valence electrons. The highest BCUT2D eigenvalue weighted by atomic mass is 32.2. The molecule has 0 fully saturated rings. The average molecular weight is 395 g/mol. The minimum atomic E-state index is 0.791. The Bertz CT molecular complexity index is 1040. The second-order valence-corrected chi connectivity index (χ2v) is 7.91. The summed E-state index contributed by atoms with van der Waals surface area (Å²) in [6.45, 7) is 0. The molecule has 4 aromatic rings. The summed E-state index contributed by atoms with van der Waals surface area (Å²) in [5.41, 5.74) is 2.09. The molecule has 0 amide bonds. The van der Waals surface area contributed by atoms with Crippen LogP contribution in [0.2, 0.25) is 0 Å². The van der Waals surface area contributed by atoms with Gasteiger partial charge in [-0.3, -0.25) is 0 Å². The minimum absolute atomic E-state index is 0.791. The van der Waals surface area contributed by atoms with Crippen LogP contribution < -0.4 is 4.74 Å². The van der Waals surface area contributed by atoms with Crippen molar-refractivity contribution in [2.45, 2.75) is 10.9 Å². The molecule has 0 aliphatic rings. The zero-order chi connectivity index (χ0) is 18.6. The predicted octanol–water partition coefficient (Wildman–Crippen LogP) is 4.91. The lowest BCUT2D eigenvalue weighted by Crippen LogP contribution is -1.96. The molecule has 7 heteroatoms. The largest absolute Gasteiger partial charge is 0.496 e. The van der Waals surface area contributed by atoms with Crippen molar-refractivity contribution >= 4 is 23.1 Å². The maximum absolute atomic E-state index is 5.44. The van der Waals surface area contributed by atoms with Crippen molar-refractivity contribution in [3.8, 4) is 27.7 Å². The summed E-state index contributed by atoms with van der Waals surface area (Å²) in [6.07, 6.45) is 1.94. The van der Waals surface area contributed by atoms with E-state index in [0.717, 1.165) is 38.6 Å². The molecular weight excluding hydrogens is 376 g/mol. The maximum atomic E-state index is 5.44. The molecule has 0 saturated carbocycles. The first-order chi connectivity index (χ1) is 13.3. The molecule has 0 aliphatic carbocycles. The third-order valence-electron chi connectivity index (χ3n) is 4.10. The molecule has 4 rings (SSSR count). The smallest absolute Gasteiger partial charge is 0.191 e. The van der Waals surface area contributed by atoms with Crippen LogP contribution in [-0.2, 0) is 12.8 Å². The molecular formula is C20H18N4OS2.